The van der Waals surface area contributed by atoms with Gasteiger partial charge in [-0.25, -0.2) is 4.98 Å². The number of anilines is 3. The predicted molar refractivity (Wildman–Crippen MR) is 102 cm³/mol. The zero-order valence-electron chi connectivity index (χ0n) is 14.4. The lowest BCUT2D eigenvalue weighted by atomic mass is 10.1. The van der Waals surface area contributed by atoms with E-state index in [1.807, 2.05) is 30.3 Å². The summed E-state index contributed by atoms with van der Waals surface area (Å²) in [5.41, 5.74) is 2.59. The van der Waals surface area contributed by atoms with Gasteiger partial charge in [-0.2, -0.15) is 10.2 Å². The highest BCUT2D eigenvalue weighted by Crippen LogP contribution is 2.17. The fourth-order valence-electron chi connectivity index (χ4n) is 2.47. The van der Waals surface area contributed by atoms with E-state index in [1.54, 1.807) is 31.5 Å². The van der Waals surface area contributed by atoms with Crippen LogP contribution in [0.4, 0.5) is 17.5 Å². The number of hydrogen-bond acceptors (Lipinski definition) is 6. The molecule has 0 saturated heterocycles. The minimum Gasteiger partial charge on any atom is -0.497 e. The Labute approximate surface area is 152 Å². The lowest BCUT2D eigenvalue weighted by molar-refractivity contribution is 0.414. The first-order valence-corrected chi connectivity index (χ1v) is 8.24. The van der Waals surface area contributed by atoms with Crippen LogP contribution in [0.5, 0.6) is 5.75 Å². The highest BCUT2D eigenvalue weighted by Gasteiger charge is 2.02. The Kier molecular flexibility index (Phi) is 5.63. The second-order valence-electron chi connectivity index (χ2n) is 5.61. The standard InChI is InChI=1S/C20H19N5O/c1-26-18-7-3-4-15(13-18)8-10-22-20-23-11-9-19(25-20)24-17-6-2-5-16(12-17)14-21/h2-7,9,11-13H,8,10H2,1H3,(H2,22,23,24,25). The van der Waals surface area contributed by atoms with Gasteiger partial charge in [0.15, 0.2) is 0 Å². The number of rotatable bonds is 7. The summed E-state index contributed by atoms with van der Waals surface area (Å²) in [5, 5.41) is 15.4. The lowest BCUT2D eigenvalue weighted by Gasteiger charge is -2.09. The molecule has 130 valence electrons. The summed E-state index contributed by atoms with van der Waals surface area (Å²) in [6.45, 7) is 0.709. The SMILES string of the molecule is COc1cccc(CCNc2nccc(Nc3cccc(C#N)c3)n2)c1. The van der Waals surface area contributed by atoms with Crippen molar-refractivity contribution in [3.8, 4) is 11.8 Å². The first kappa shape index (κ1) is 17.2. The minimum atomic E-state index is 0.550. The molecule has 26 heavy (non-hydrogen) atoms. The van der Waals surface area contributed by atoms with Crippen LogP contribution in [0.15, 0.2) is 60.8 Å². The fourth-order valence-corrected chi connectivity index (χ4v) is 2.47. The Morgan fingerprint density at radius 1 is 1.12 bits per heavy atom. The molecule has 2 aromatic carbocycles. The van der Waals surface area contributed by atoms with Crippen LogP contribution in [-0.4, -0.2) is 23.6 Å². The summed E-state index contributed by atoms with van der Waals surface area (Å²) in [4.78, 5) is 8.69. The molecule has 3 rings (SSSR count). The van der Waals surface area contributed by atoms with Crippen molar-refractivity contribution in [3.63, 3.8) is 0 Å². The first-order chi connectivity index (χ1) is 12.8. The monoisotopic (exact) mass is 345 g/mol. The van der Waals surface area contributed by atoms with Crippen molar-refractivity contribution in [1.82, 2.24) is 9.97 Å². The van der Waals surface area contributed by atoms with Gasteiger partial charge in [0.1, 0.15) is 11.6 Å². The van der Waals surface area contributed by atoms with Gasteiger partial charge in [-0.3, -0.25) is 0 Å². The van der Waals surface area contributed by atoms with Crippen LogP contribution in [0.3, 0.4) is 0 Å². The zero-order valence-corrected chi connectivity index (χ0v) is 14.4. The van der Waals surface area contributed by atoms with Crippen LogP contribution in [0.2, 0.25) is 0 Å². The van der Waals surface area contributed by atoms with Gasteiger partial charge in [-0.1, -0.05) is 18.2 Å². The molecule has 6 nitrogen and oxygen atoms in total. The van der Waals surface area contributed by atoms with E-state index in [4.69, 9.17) is 10.00 Å². The maximum Gasteiger partial charge on any atom is 0.224 e. The summed E-state index contributed by atoms with van der Waals surface area (Å²) in [7, 11) is 1.66. The van der Waals surface area contributed by atoms with E-state index in [1.165, 1.54) is 5.56 Å². The molecule has 0 spiro atoms. The molecule has 0 aliphatic rings. The highest BCUT2D eigenvalue weighted by atomic mass is 16.5. The van der Waals surface area contributed by atoms with E-state index >= 15 is 0 Å². The third-order valence-corrected chi connectivity index (χ3v) is 3.75. The number of ether oxygens (including phenoxy) is 1. The molecule has 3 aromatic rings. The number of nitriles is 1. The maximum atomic E-state index is 8.98. The Bertz CT molecular complexity index is 920. The average Bonchev–Trinajstić information content (AvgIpc) is 2.68. The van der Waals surface area contributed by atoms with E-state index < -0.39 is 0 Å². The third kappa shape index (κ3) is 4.71. The zero-order chi connectivity index (χ0) is 18.2. The Morgan fingerprint density at radius 3 is 2.85 bits per heavy atom. The third-order valence-electron chi connectivity index (χ3n) is 3.75. The summed E-state index contributed by atoms with van der Waals surface area (Å²) in [6, 6.07) is 19.1. The summed E-state index contributed by atoms with van der Waals surface area (Å²) in [5.74, 6) is 2.07. The second-order valence-corrected chi connectivity index (χ2v) is 5.61. The molecule has 0 bridgehead atoms. The molecule has 0 atom stereocenters. The van der Waals surface area contributed by atoms with Crippen molar-refractivity contribution in [2.45, 2.75) is 6.42 Å². The largest absolute Gasteiger partial charge is 0.497 e. The number of nitrogens with one attached hydrogen (secondary N) is 2. The average molecular weight is 345 g/mol. The van der Waals surface area contributed by atoms with Gasteiger partial charge in [0.25, 0.3) is 0 Å². The first-order valence-electron chi connectivity index (χ1n) is 8.24. The van der Waals surface area contributed by atoms with Crippen molar-refractivity contribution in [1.29, 1.82) is 5.26 Å². The number of methoxy groups -OCH3 is 1. The van der Waals surface area contributed by atoms with Gasteiger partial charge in [0.05, 0.1) is 18.7 Å². The number of hydrogen-bond donors (Lipinski definition) is 2. The molecular weight excluding hydrogens is 326 g/mol. The lowest BCUT2D eigenvalue weighted by Crippen LogP contribution is -2.08. The van der Waals surface area contributed by atoms with Gasteiger partial charge in [-0.05, 0) is 48.4 Å². The molecule has 0 saturated carbocycles. The molecule has 0 radical (unpaired) electrons. The van der Waals surface area contributed by atoms with Crippen molar-refractivity contribution in [2.24, 2.45) is 0 Å². The van der Waals surface area contributed by atoms with E-state index in [0.717, 1.165) is 17.9 Å². The number of aromatic nitrogens is 2. The molecule has 0 fully saturated rings. The molecule has 6 heteroatoms. The Balaban J connectivity index is 1.59. The fraction of sp³-hybridized carbons (Fsp3) is 0.150. The van der Waals surface area contributed by atoms with Crippen molar-refractivity contribution >= 4 is 17.5 Å². The van der Waals surface area contributed by atoms with Gasteiger partial charge >= 0.3 is 0 Å². The van der Waals surface area contributed by atoms with Crippen LogP contribution in [0, 0.1) is 11.3 Å². The Hall–Kier alpha value is -3.59. The summed E-state index contributed by atoms with van der Waals surface area (Å²) in [6.07, 6.45) is 2.53. The molecule has 0 amide bonds. The van der Waals surface area contributed by atoms with Crippen molar-refractivity contribution < 1.29 is 4.74 Å². The van der Waals surface area contributed by atoms with Gasteiger partial charge in [0.2, 0.25) is 5.95 Å². The van der Waals surface area contributed by atoms with Crippen LogP contribution in [-0.2, 0) is 6.42 Å². The molecule has 1 aromatic heterocycles. The van der Waals surface area contributed by atoms with Crippen molar-refractivity contribution in [3.05, 3.63) is 71.9 Å². The molecule has 0 aliphatic heterocycles. The summed E-state index contributed by atoms with van der Waals surface area (Å²) < 4.78 is 5.23. The molecule has 2 N–H and O–H groups in total. The van der Waals surface area contributed by atoms with Gasteiger partial charge in [0, 0.05) is 18.4 Å². The highest BCUT2D eigenvalue weighted by molar-refractivity contribution is 5.59. The van der Waals surface area contributed by atoms with E-state index in [0.29, 0.717) is 23.9 Å². The van der Waals surface area contributed by atoms with Gasteiger partial charge in [-0.15, -0.1) is 0 Å². The molecular formula is C20H19N5O. The number of nitrogens with zero attached hydrogens (tertiary/aromatic N) is 3. The van der Waals surface area contributed by atoms with Crippen LogP contribution >= 0.6 is 0 Å². The van der Waals surface area contributed by atoms with Crippen molar-refractivity contribution in [2.75, 3.05) is 24.3 Å². The van der Waals surface area contributed by atoms with Crippen LogP contribution < -0.4 is 15.4 Å². The molecule has 0 aliphatic carbocycles. The topological polar surface area (TPSA) is 82.9 Å². The molecule has 0 unspecified atom stereocenters. The number of benzene rings is 2. The minimum absolute atomic E-state index is 0.550. The van der Waals surface area contributed by atoms with E-state index in [2.05, 4.69) is 32.7 Å². The second kappa shape index (κ2) is 8.49. The van der Waals surface area contributed by atoms with Gasteiger partial charge < -0.3 is 15.4 Å². The van der Waals surface area contributed by atoms with E-state index in [-0.39, 0.29) is 0 Å². The normalized spacial score (nSPS) is 10.0. The van der Waals surface area contributed by atoms with Crippen LogP contribution in [0.1, 0.15) is 11.1 Å². The molecule has 1 heterocycles. The predicted octanol–water partition coefficient (Wildman–Crippen LogP) is 3.76. The van der Waals surface area contributed by atoms with E-state index in [9.17, 15) is 0 Å². The van der Waals surface area contributed by atoms with Crippen LogP contribution in [0.25, 0.3) is 0 Å². The summed E-state index contributed by atoms with van der Waals surface area (Å²) >= 11 is 0. The maximum absolute atomic E-state index is 8.98. The quantitative estimate of drug-likeness (QED) is 0.678. The smallest absolute Gasteiger partial charge is 0.224 e. The Morgan fingerprint density at radius 2 is 2.00 bits per heavy atom.